The highest BCUT2D eigenvalue weighted by Gasteiger charge is 2.07. The average molecular weight is 375 g/mol. The van der Waals surface area contributed by atoms with Gasteiger partial charge in [-0.2, -0.15) is 5.26 Å². The minimum Gasteiger partial charge on any atom is -0.301 e. The van der Waals surface area contributed by atoms with Crippen LogP contribution in [-0.4, -0.2) is 9.97 Å². The average Bonchev–Trinajstić information content (AvgIpc) is 3.16. The monoisotopic (exact) mass is 375 g/mol. The predicted molar refractivity (Wildman–Crippen MR) is 106 cm³/mol. The maximum absolute atomic E-state index is 12.0. The first-order valence-electron chi connectivity index (χ1n) is 7.93. The molecule has 4 aromatic rings. The van der Waals surface area contributed by atoms with Crippen LogP contribution in [0.15, 0.2) is 69.9 Å². The molecule has 2 aromatic heterocycles. The van der Waals surface area contributed by atoms with Crippen molar-refractivity contribution in [3.05, 3.63) is 81.5 Å². The smallest absolute Gasteiger partial charge is 0.260 e. The number of benzene rings is 2. The lowest BCUT2D eigenvalue weighted by atomic mass is 10.00. The van der Waals surface area contributed by atoms with Crippen molar-refractivity contribution in [2.75, 3.05) is 0 Å². The minimum absolute atomic E-state index is 0.0952. The lowest BCUT2D eigenvalue weighted by molar-refractivity contribution is 0.979. The molecule has 1 N–H and O–H groups in total. The topological polar surface area (TPSA) is 69.5 Å². The fourth-order valence-corrected chi connectivity index (χ4v) is 4.32. The summed E-state index contributed by atoms with van der Waals surface area (Å²) >= 11 is 2.97. The summed E-state index contributed by atoms with van der Waals surface area (Å²) in [5.41, 5.74) is 3.65. The van der Waals surface area contributed by atoms with Gasteiger partial charge in [0.05, 0.1) is 17.0 Å². The first kappa shape index (κ1) is 16.6. The molecule has 2 heterocycles. The van der Waals surface area contributed by atoms with Crippen molar-refractivity contribution in [3.8, 4) is 17.2 Å². The summed E-state index contributed by atoms with van der Waals surface area (Å²) in [7, 11) is 0. The molecule has 0 saturated heterocycles. The first-order chi connectivity index (χ1) is 12.7. The van der Waals surface area contributed by atoms with Crippen LogP contribution in [0.25, 0.3) is 21.3 Å². The third-order valence-electron chi connectivity index (χ3n) is 4.00. The molecule has 0 bridgehead atoms. The number of hydrogen-bond acceptors (Lipinski definition) is 5. The maximum Gasteiger partial charge on any atom is 0.260 e. The van der Waals surface area contributed by atoms with E-state index in [-0.39, 0.29) is 5.56 Å². The van der Waals surface area contributed by atoms with Gasteiger partial charge in [-0.05, 0) is 34.2 Å². The van der Waals surface area contributed by atoms with Crippen LogP contribution < -0.4 is 5.56 Å². The molecule has 0 saturated carbocycles. The number of aromatic nitrogens is 2. The Morgan fingerprint density at radius 2 is 1.92 bits per heavy atom. The highest BCUT2D eigenvalue weighted by atomic mass is 32.2. The molecule has 2 aromatic carbocycles. The lowest BCUT2D eigenvalue weighted by Crippen LogP contribution is -2.07. The molecule has 6 heteroatoms. The van der Waals surface area contributed by atoms with Crippen LogP contribution in [0.3, 0.4) is 0 Å². The Kier molecular flexibility index (Phi) is 4.57. The molecule has 0 unspecified atom stereocenters. The van der Waals surface area contributed by atoms with Gasteiger partial charge in [0.1, 0.15) is 4.83 Å². The molecule has 0 aliphatic heterocycles. The van der Waals surface area contributed by atoms with E-state index in [1.807, 2.05) is 53.9 Å². The molecule has 0 amide bonds. The Balaban J connectivity index is 1.52. The highest BCUT2D eigenvalue weighted by molar-refractivity contribution is 7.98. The van der Waals surface area contributed by atoms with Crippen molar-refractivity contribution < 1.29 is 0 Å². The lowest BCUT2D eigenvalue weighted by Gasteiger charge is -2.06. The summed E-state index contributed by atoms with van der Waals surface area (Å²) in [6.07, 6.45) is 0. The fourth-order valence-electron chi connectivity index (χ4n) is 2.68. The van der Waals surface area contributed by atoms with E-state index in [0.29, 0.717) is 21.9 Å². The minimum atomic E-state index is -0.0952. The van der Waals surface area contributed by atoms with Gasteiger partial charge < -0.3 is 4.98 Å². The van der Waals surface area contributed by atoms with Crippen molar-refractivity contribution in [3.63, 3.8) is 0 Å². The zero-order valence-corrected chi connectivity index (χ0v) is 15.2. The SMILES string of the molecule is N#Cc1ccccc1-c1ccc(CSc2nc3sccc3c(=O)[nH]2)cc1. The summed E-state index contributed by atoms with van der Waals surface area (Å²) in [6.45, 7) is 0. The number of hydrogen-bond donors (Lipinski definition) is 1. The summed E-state index contributed by atoms with van der Waals surface area (Å²) in [5.74, 6) is 0.708. The quantitative estimate of drug-likeness (QED) is 0.410. The maximum atomic E-state index is 12.0. The number of nitrogens with one attached hydrogen (secondary N) is 1. The number of H-pyrrole nitrogens is 1. The summed E-state index contributed by atoms with van der Waals surface area (Å²) < 4.78 is 0. The number of aromatic amines is 1. The molecular formula is C20H13N3OS2. The first-order valence-corrected chi connectivity index (χ1v) is 9.80. The van der Waals surface area contributed by atoms with Gasteiger partial charge in [0.2, 0.25) is 0 Å². The summed E-state index contributed by atoms with van der Waals surface area (Å²) in [4.78, 5) is 20.1. The van der Waals surface area contributed by atoms with E-state index in [9.17, 15) is 10.1 Å². The van der Waals surface area contributed by atoms with Crippen LogP contribution >= 0.6 is 23.1 Å². The highest BCUT2D eigenvalue weighted by Crippen LogP contribution is 2.26. The van der Waals surface area contributed by atoms with E-state index in [0.717, 1.165) is 21.5 Å². The molecule has 0 fully saturated rings. The molecule has 0 radical (unpaired) electrons. The van der Waals surface area contributed by atoms with Gasteiger partial charge in [-0.15, -0.1) is 11.3 Å². The van der Waals surface area contributed by atoms with Gasteiger partial charge in [-0.1, -0.05) is 54.2 Å². The zero-order valence-electron chi connectivity index (χ0n) is 13.6. The van der Waals surface area contributed by atoms with Crippen LogP contribution in [-0.2, 0) is 5.75 Å². The molecule has 4 rings (SSSR count). The molecular weight excluding hydrogens is 362 g/mol. The third kappa shape index (κ3) is 3.27. The Bertz CT molecular complexity index is 1170. The van der Waals surface area contributed by atoms with Crippen molar-refractivity contribution in [2.24, 2.45) is 0 Å². The van der Waals surface area contributed by atoms with E-state index >= 15 is 0 Å². The number of rotatable bonds is 4. The van der Waals surface area contributed by atoms with Crippen LogP contribution in [0.5, 0.6) is 0 Å². The van der Waals surface area contributed by atoms with Crippen LogP contribution in [0.2, 0.25) is 0 Å². The van der Waals surface area contributed by atoms with Crippen LogP contribution in [0.4, 0.5) is 0 Å². The van der Waals surface area contributed by atoms with Crippen LogP contribution in [0.1, 0.15) is 11.1 Å². The van der Waals surface area contributed by atoms with E-state index in [1.54, 1.807) is 6.07 Å². The van der Waals surface area contributed by atoms with Gasteiger partial charge in [-0.25, -0.2) is 4.98 Å². The number of nitrogens with zero attached hydrogens (tertiary/aromatic N) is 2. The number of fused-ring (bicyclic) bond motifs is 1. The standard InChI is InChI=1S/C20H13N3OS2/c21-11-15-3-1-2-4-16(15)14-7-5-13(6-8-14)12-26-20-22-18(24)17-9-10-25-19(17)23-20/h1-10H,12H2,(H,22,23,24). The fraction of sp³-hybridized carbons (Fsp3) is 0.0500. The molecule has 4 nitrogen and oxygen atoms in total. The Hall–Kier alpha value is -2.88. The van der Waals surface area contributed by atoms with E-state index < -0.39 is 0 Å². The second-order valence-corrected chi connectivity index (χ2v) is 7.51. The number of thiophene rings is 1. The summed E-state index contributed by atoms with van der Waals surface area (Å²) in [5, 5.41) is 12.4. The van der Waals surface area contributed by atoms with Crippen molar-refractivity contribution >= 4 is 33.3 Å². The normalized spacial score (nSPS) is 10.7. The second kappa shape index (κ2) is 7.16. The zero-order chi connectivity index (χ0) is 17.9. The molecule has 0 atom stereocenters. The summed E-state index contributed by atoms with van der Waals surface area (Å²) in [6, 6.07) is 19.7. The number of nitriles is 1. The molecule has 0 aliphatic rings. The van der Waals surface area contributed by atoms with E-state index in [2.05, 4.69) is 16.0 Å². The van der Waals surface area contributed by atoms with Crippen molar-refractivity contribution in [1.82, 2.24) is 9.97 Å². The van der Waals surface area contributed by atoms with E-state index in [1.165, 1.54) is 23.1 Å². The van der Waals surface area contributed by atoms with Gasteiger partial charge >= 0.3 is 0 Å². The van der Waals surface area contributed by atoms with Gasteiger partial charge in [-0.3, -0.25) is 4.79 Å². The molecule has 126 valence electrons. The second-order valence-electron chi connectivity index (χ2n) is 5.65. The van der Waals surface area contributed by atoms with E-state index in [4.69, 9.17) is 0 Å². The molecule has 0 aliphatic carbocycles. The predicted octanol–water partition coefficient (Wildman–Crippen LogP) is 4.82. The largest absolute Gasteiger partial charge is 0.301 e. The Labute approximate surface area is 158 Å². The van der Waals surface area contributed by atoms with Gasteiger partial charge in [0.25, 0.3) is 5.56 Å². The Morgan fingerprint density at radius 1 is 1.12 bits per heavy atom. The van der Waals surface area contributed by atoms with Crippen molar-refractivity contribution in [2.45, 2.75) is 10.9 Å². The van der Waals surface area contributed by atoms with Crippen molar-refractivity contribution in [1.29, 1.82) is 5.26 Å². The third-order valence-corrected chi connectivity index (χ3v) is 5.75. The number of thioether (sulfide) groups is 1. The molecule has 0 spiro atoms. The Morgan fingerprint density at radius 3 is 2.73 bits per heavy atom. The van der Waals surface area contributed by atoms with Crippen LogP contribution in [0, 0.1) is 11.3 Å². The van der Waals surface area contributed by atoms with Gasteiger partial charge in [0.15, 0.2) is 5.16 Å². The van der Waals surface area contributed by atoms with Gasteiger partial charge in [0, 0.05) is 5.75 Å². The molecule has 26 heavy (non-hydrogen) atoms.